The lowest BCUT2D eigenvalue weighted by Gasteiger charge is -2.05. The summed E-state index contributed by atoms with van der Waals surface area (Å²) in [6.45, 7) is 4.55. The highest BCUT2D eigenvalue weighted by Crippen LogP contribution is 2.18. The summed E-state index contributed by atoms with van der Waals surface area (Å²) in [5, 5.41) is 7.10. The molecule has 0 bridgehead atoms. The second kappa shape index (κ2) is 3.66. The number of rotatable bonds is 3. The Morgan fingerprint density at radius 2 is 2.47 bits per heavy atom. The van der Waals surface area contributed by atoms with Gasteiger partial charge in [0.2, 0.25) is 0 Å². The number of nitrogens with one attached hydrogen (secondary N) is 1. The highest BCUT2D eigenvalue weighted by molar-refractivity contribution is 5.93. The predicted octanol–water partition coefficient (Wildman–Crippen LogP) is 0.0408. The van der Waals surface area contributed by atoms with Crippen LogP contribution < -0.4 is 11.1 Å². The lowest BCUT2D eigenvalue weighted by atomic mass is 10.3. The number of aryl methyl sites for hydroxylation is 2. The molecule has 2 unspecified atom stereocenters. The van der Waals surface area contributed by atoms with Crippen molar-refractivity contribution >= 4 is 5.91 Å². The Bertz CT molecular complexity index is 385. The second-order valence-corrected chi connectivity index (χ2v) is 3.97. The Hall–Kier alpha value is -1.36. The van der Waals surface area contributed by atoms with Crippen LogP contribution in [0.5, 0.6) is 0 Å². The fourth-order valence-electron chi connectivity index (χ4n) is 1.59. The Morgan fingerprint density at radius 1 is 1.80 bits per heavy atom. The second-order valence-electron chi connectivity index (χ2n) is 3.97. The molecule has 1 aliphatic rings. The molecule has 1 aliphatic carbocycles. The first kappa shape index (κ1) is 10.2. The zero-order valence-corrected chi connectivity index (χ0v) is 9.03. The van der Waals surface area contributed by atoms with Crippen LogP contribution in [-0.4, -0.2) is 27.8 Å². The fraction of sp³-hybridized carbons (Fsp3) is 0.600. The highest BCUT2D eigenvalue weighted by atomic mass is 16.2. The van der Waals surface area contributed by atoms with Crippen molar-refractivity contribution in [2.75, 3.05) is 0 Å². The zero-order valence-electron chi connectivity index (χ0n) is 9.03. The van der Waals surface area contributed by atoms with Crippen molar-refractivity contribution < 1.29 is 4.79 Å². The van der Waals surface area contributed by atoms with Gasteiger partial charge in [-0.25, -0.2) is 0 Å². The summed E-state index contributed by atoms with van der Waals surface area (Å²) in [6, 6.07) is 2.08. The van der Waals surface area contributed by atoms with Crippen LogP contribution in [-0.2, 0) is 6.54 Å². The van der Waals surface area contributed by atoms with E-state index in [9.17, 15) is 4.79 Å². The molecule has 3 N–H and O–H groups in total. The first-order chi connectivity index (χ1) is 7.11. The average Bonchev–Trinajstić information content (AvgIpc) is 2.74. The van der Waals surface area contributed by atoms with Gasteiger partial charge in [-0.05, 0) is 26.3 Å². The van der Waals surface area contributed by atoms with Crippen molar-refractivity contribution in [2.45, 2.75) is 38.9 Å². The molecule has 1 amide bonds. The van der Waals surface area contributed by atoms with Crippen molar-refractivity contribution in [2.24, 2.45) is 5.73 Å². The quantitative estimate of drug-likeness (QED) is 0.736. The van der Waals surface area contributed by atoms with Gasteiger partial charge in [0.25, 0.3) is 5.91 Å². The van der Waals surface area contributed by atoms with Crippen LogP contribution in [0.25, 0.3) is 0 Å². The molecule has 82 valence electrons. The van der Waals surface area contributed by atoms with Crippen LogP contribution in [0, 0.1) is 6.92 Å². The zero-order chi connectivity index (χ0) is 11.0. The van der Waals surface area contributed by atoms with E-state index in [0.717, 1.165) is 12.1 Å². The number of aromatic nitrogens is 2. The minimum atomic E-state index is -0.0737. The number of hydrogen-bond donors (Lipinski definition) is 2. The average molecular weight is 208 g/mol. The Morgan fingerprint density at radius 3 is 3.00 bits per heavy atom. The van der Waals surface area contributed by atoms with E-state index >= 15 is 0 Å². The van der Waals surface area contributed by atoms with E-state index in [1.807, 2.05) is 13.8 Å². The van der Waals surface area contributed by atoms with Crippen molar-refractivity contribution in [1.29, 1.82) is 0 Å². The van der Waals surface area contributed by atoms with Crippen LogP contribution in [0.4, 0.5) is 0 Å². The minimum Gasteiger partial charge on any atom is -0.346 e. The number of carbonyl (C=O) groups is 1. The number of amides is 1. The molecule has 0 radical (unpaired) electrons. The van der Waals surface area contributed by atoms with Crippen LogP contribution in [0.2, 0.25) is 0 Å². The van der Waals surface area contributed by atoms with Crippen LogP contribution in [0.1, 0.15) is 29.5 Å². The number of nitrogens with two attached hydrogens (primary N) is 1. The minimum absolute atomic E-state index is 0.0737. The van der Waals surface area contributed by atoms with E-state index in [1.165, 1.54) is 0 Å². The van der Waals surface area contributed by atoms with Gasteiger partial charge in [0, 0.05) is 18.6 Å². The standard InChI is InChI=1S/C10H16N4O/c1-3-14-9(4-6(2)13-14)10(15)12-8-5-7(8)11/h4,7-8H,3,5,11H2,1-2H3,(H,12,15). The van der Waals surface area contributed by atoms with E-state index in [4.69, 9.17) is 5.73 Å². The van der Waals surface area contributed by atoms with Gasteiger partial charge in [0.15, 0.2) is 0 Å². The molecule has 0 saturated heterocycles. The van der Waals surface area contributed by atoms with E-state index in [0.29, 0.717) is 12.2 Å². The van der Waals surface area contributed by atoms with Crippen molar-refractivity contribution in [1.82, 2.24) is 15.1 Å². The monoisotopic (exact) mass is 208 g/mol. The molecule has 2 rings (SSSR count). The maximum atomic E-state index is 11.8. The molecule has 1 aromatic rings. The van der Waals surface area contributed by atoms with Crippen molar-refractivity contribution in [3.63, 3.8) is 0 Å². The first-order valence-electron chi connectivity index (χ1n) is 5.22. The van der Waals surface area contributed by atoms with E-state index in [1.54, 1.807) is 10.7 Å². The Kier molecular flexibility index (Phi) is 2.48. The third kappa shape index (κ3) is 2.02. The normalized spacial score (nSPS) is 23.9. The van der Waals surface area contributed by atoms with Crippen molar-refractivity contribution in [3.05, 3.63) is 17.5 Å². The molecule has 1 fully saturated rings. The van der Waals surface area contributed by atoms with Gasteiger partial charge in [0.05, 0.1) is 5.69 Å². The SMILES string of the molecule is CCn1nc(C)cc1C(=O)NC1CC1N. The summed E-state index contributed by atoms with van der Waals surface area (Å²) >= 11 is 0. The van der Waals surface area contributed by atoms with E-state index in [-0.39, 0.29) is 18.0 Å². The van der Waals surface area contributed by atoms with Gasteiger partial charge in [-0.3, -0.25) is 9.48 Å². The molecule has 0 aromatic carbocycles. The lowest BCUT2D eigenvalue weighted by Crippen LogP contribution is -2.31. The molecule has 0 aliphatic heterocycles. The molecule has 15 heavy (non-hydrogen) atoms. The number of nitrogens with zero attached hydrogens (tertiary/aromatic N) is 2. The maximum absolute atomic E-state index is 11.8. The summed E-state index contributed by atoms with van der Waals surface area (Å²) in [5.74, 6) is -0.0737. The summed E-state index contributed by atoms with van der Waals surface area (Å²) in [6.07, 6.45) is 0.880. The third-order valence-electron chi connectivity index (χ3n) is 2.59. The third-order valence-corrected chi connectivity index (χ3v) is 2.59. The Labute approximate surface area is 88.6 Å². The van der Waals surface area contributed by atoms with Gasteiger partial charge in [-0.2, -0.15) is 5.10 Å². The maximum Gasteiger partial charge on any atom is 0.269 e. The van der Waals surface area contributed by atoms with E-state index in [2.05, 4.69) is 10.4 Å². The molecule has 1 saturated carbocycles. The first-order valence-corrected chi connectivity index (χ1v) is 5.22. The summed E-state index contributed by atoms with van der Waals surface area (Å²) < 4.78 is 1.71. The Balaban J connectivity index is 2.10. The summed E-state index contributed by atoms with van der Waals surface area (Å²) in [7, 11) is 0. The van der Waals surface area contributed by atoms with Crippen LogP contribution in [0.3, 0.4) is 0 Å². The van der Waals surface area contributed by atoms with Gasteiger partial charge in [-0.1, -0.05) is 0 Å². The smallest absolute Gasteiger partial charge is 0.269 e. The lowest BCUT2D eigenvalue weighted by molar-refractivity contribution is 0.0939. The van der Waals surface area contributed by atoms with Crippen LogP contribution >= 0.6 is 0 Å². The number of carbonyl (C=O) groups excluding carboxylic acids is 1. The van der Waals surface area contributed by atoms with Gasteiger partial charge in [0.1, 0.15) is 5.69 Å². The number of hydrogen-bond acceptors (Lipinski definition) is 3. The summed E-state index contributed by atoms with van der Waals surface area (Å²) in [4.78, 5) is 11.8. The van der Waals surface area contributed by atoms with Crippen LogP contribution in [0.15, 0.2) is 6.07 Å². The molecule has 1 aromatic heterocycles. The van der Waals surface area contributed by atoms with Gasteiger partial charge >= 0.3 is 0 Å². The molecular formula is C10H16N4O. The largest absolute Gasteiger partial charge is 0.346 e. The molecular weight excluding hydrogens is 192 g/mol. The van der Waals surface area contributed by atoms with E-state index < -0.39 is 0 Å². The molecule has 5 heteroatoms. The summed E-state index contributed by atoms with van der Waals surface area (Å²) in [5.41, 5.74) is 7.11. The highest BCUT2D eigenvalue weighted by Gasteiger charge is 2.35. The fourth-order valence-corrected chi connectivity index (χ4v) is 1.59. The van der Waals surface area contributed by atoms with Crippen molar-refractivity contribution in [3.8, 4) is 0 Å². The molecule has 2 atom stereocenters. The molecule has 5 nitrogen and oxygen atoms in total. The van der Waals surface area contributed by atoms with Gasteiger partial charge < -0.3 is 11.1 Å². The molecule has 1 heterocycles. The van der Waals surface area contributed by atoms with Gasteiger partial charge in [-0.15, -0.1) is 0 Å². The topological polar surface area (TPSA) is 72.9 Å². The predicted molar refractivity (Wildman–Crippen MR) is 56.5 cm³/mol. The molecule has 0 spiro atoms.